The Morgan fingerprint density at radius 1 is 1.45 bits per heavy atom. The lowest BCUT2D eigenvalue weighted by atomic mass is 10.1. The van der Waals surface area contributed by atoms with Crippen molar-refractivity contribution in [1.29, 1.82) is 5.26 Å². The minimum absolute atomic E-state index is 0.0113. The number of thiophene rings is 1. The first-order chi connectivity index (χ1) is 13.4. The first-order valence-corrected chi connectivity index (χ1v) is 12.2. The molecular formula is C16H17F2N2O6PS2. The van der Waals surface area contributed by atoms with Crippen LogP contribution in [0.25, 0.3) is 10.1 Å². The smallest absolute Gasteiger partial charge is 0.400 e. The fourth-order valence-electron chi connectivity index (χ4n) is 2.45. The van der Waals surface area contributed by atoms with Crippen molar-refractivity contribution in [2.24, 2.45) is 0 Å². The summed E-state index contributed by atoms with van der Waals surface area (Å²) in [5.74, 6) is -0.213. The Morgan fingerprint density at radius 2 is 2.10 bits per heavy atom. The third-order valence-corrected chi connectivity index (χ3v) is 7.09. The van der Waals surface area contributed by atoms with Gasteiger partial charge >= 0.3 is 13.3 Å². The van der Waals surface area contributed by atoms with Gasteiger partial charge < -0.3 is 19.8 Å². The molecule has 0 saturated carbocycles. The second kappa shape index (κ2) is 8.85. The highest BCUT2D eigenvalue weighted by atomic mass is 32.2. The molecule has 0 saturated heterocycles. The zero-order chi connectivity index (χ0) is 22.0. The average molecular weight is 466 g/mol. The number of hydrogen-bond donors (Lipinski definition) is 3. The van der Waals surface area contributed by atoms with Crippen LogP contribution in [-0.2, 0) is 21.0 Å². The molecule has 8 nitrogen and oxygen atoms in total. The fraction of sp³-hybridized carbons (Fsp3) is 0.375. The van der Waals surface area contributed by atoms with Gasteiger partial charge in [-0.05, 0) is 18.6 Å². The molecule has 0 radical (unpaired) electrons. The van der Waals surface area contributed by atoms with Crippen LogP contribution in [0, 0.1) is 11.3 Å². The van der Waals surface area contributed by atoms with E-state index in [1.807, 2.05) is 0 Å². The molecule has 0 spiro atoms. The third-order valence-electron chi connectivity index (χ3n) is 3.83. The van der Waals surface area contributed by atoms with Crippen molar-refractivity contribution in [2.75, 3.05) is 25.7 Å². The lowest BCUT2D eigenvalue weighted by Gasteiger charge is -2.16. The molecule has 158 valence electrons. The van der Waals surface area contributed by atoms with Gasteiger partial charge in [0.25, 0.3) is 5.91 Å². The van der Waals surface area contributed by atoms with Crippen LogP contribution in [0.15, 0.2) is 12.1 Å². The van der Waals surface area contributed by atoms with Gasteiger partial charge in [0, 0.05) is 40.8 Å². The van der Waals surface area contributed by atoms with E-state index in [0.29, 0.717) is 23.5 Å². The van der Waals surface area contributed by atoms with Crippen LogP contribution in [0.2, 0.25) is 0 Å². The number of carbonyl (C=O) groups is 1. The van der Waals surface area contributed by atoms with Gasteiger partial charge in [-0.15, -0.1) is 11.3 Å². The van der Waals surface area contributed by atoms with Crippen LogP contribution in [0.3, 0.4) is 0 Å². The minimum atomic E-state index is -5.90. The van der Waals surface area contributed by atoms with Crippen molar-refractivity contribution in [3.05, 3.63) is 28.1 Å². The summed E-state index contributed by atoms with van der Waals surface area (Å²) in [6.07, 6.45) is 1.90. The highest BCUT2D eigenvalue weighted by Crippen LogP contribution is 2.62. The van der Waals surface area contributed by atoms with E-state index in [1.165, 1.54) is 25.4 Å². The SMILES string of the molecule is CNC(=O)c1cc(OCCCS(C)=O)c2sc(C(F)(F)P(=O)(O)O)c(C#N)c2c1. The number of alkyl halides is 2. The summed E-state index contributed by atoms with van der Waals surface area (Å²) in [6, 6.07) is 4.03. The molecule has 0 bridgehead atoms. The second-order valence-electron chi connectivity index (χ2n) is 5.91. The number of amides is 1. The monoisotopic (exact) mass is 466 g/mol. The van der Waals surface area contributed by atoms with Crippen molar-refractivity contribution >= 4 is 45.7 Å². The highest BCUT2D eigenvalue weighted by molar-refractivity contribution is 7.84. The summed E-state index contributed by atoms with van der Waals surface area (Å²) in [5.41, 5.74) is -5.19. The predicted octanol–water partition coefficient (Wildman–Crippen LogP) is 2.51. The topological polar surface area (TPSA) is 137 Å². The number of ether oxygens (including phenoxy) is 1. The Labute approximate surface area is 171 Å². The molecule has 2 rings (SSSR count). The molecule has 1 aromatic heterocycles. The van der Waals surface area contributed by atoms with Crippen molar-refractivity contribution in [2.45, 2.75) is 12.1 Å². The second-order valence-corrected chi connectivity index (χ2v) is 10.1. The van der Waals surface area contributed by atoms with Crippen molar-refractivity contribution < 1.29 is 36.9 Å². The summed E-state index contributed by atoms with van der Waals surface area (Å²) in [4.78, 5) is 29.0. The maximum atomic E-state index is 14.3. The van der Waals surface area contributed by atoms with E-state index in [2.05, 4.69) is 5.32 Å². The molecule has 0 fully saturated rings. The molecule has 1 unspecified atom stereocenters. The predicted molar refractivity (Wildman–Crippen MR) is 105 cm³/mol. The van der Waals surface area contributed by atoms with Crippen LogP contribution in [0.1, 0.15) is 27.2 Å². The van der Waals surface area contributed by atoms with Crippen molar-refractivity contribution in [1.82, 2.24) is 5.32 Å². The zero-order valence-corrected chi connectivity index (χ0v) is 17.8. The van der Waals surface area contributed by atoms with Gasteiger partial charge in [0.15, 0.2) is 0 Å². The molecule has 13 heteroatoms. The fourth-order valence-corrected chi connectivity index (χ4v) is 4.92. The molecule has 1 aromatic carbocycles. The van der Waals surface area contributed by atoms with E-state index in [0.717, 1.165) is 0 Å². The number of rotatable bonds is 8. The first kappa shape index (κ1) is 23.4. The van der Waals surface area contributed by atoms with E-state index in [1.54, 1.807) is 6.07 Å². The summed E-state index contributed by atoms with van der Waals surface area (Å²) in [6.45, 7) is 0.0654. The number of nitrogens with zero attached hydrogens (tertiary/aromatic N) is 1. The Balaban J connectivity index is 2.68. The first-order valence-electron chi connectivity index (χ1n) is 8.03. The molecule has 1 heterocycles. The Kier molecular flexibility index (Phi) is 7.14. The number of nitrogens with one attached hydrogen (secondary N) is 1. The zero-order valence-electron chi connectivity index (χ0n) is 15.3. The van der Waals surface area contributed by atoms with Crippen LogP contribution >= 0.6 is 18.9 Å². The van der Waals surface area contributed by atoms with E-state index >= 15 is 0 Å². The summed E-state index contributed by atoms with van der Waals surface area (Å²) in [5, 5.41) is 11.7. The van der Waals surface area contributed by atoms with E-state index in [9.17, 15) is 27.6 Å². The number of carbonyl (C=O) groups excluding carboxylic acids is 1. The van der Waals surface area contributed by atoms with Gasteiger partial charge in [-0.1, -0.05) is 0 Å². The maximum absolute atomic E-state index is 14.3. The van der Waals surface area contributed by atoms with Gasteiger partial charge in [-0.25, -0.2) is 0 Å². The Morgan fingerprint density at radius 3 is 2.62 bits per heavy atom. The number of nitriles is 1. The molecule has 3 N–H and O–H groups in total. The van der Waals surface area contributed by atoms with E-state index in [-0.39, 0.29) is 28.0 Å². The van der Waals surface area contributed by atoms with Gasteiger partial charge in [-0.3, -0.25) is 13.6 Å². The van der Waals surface area contributed by atoms with Crippen LogP contribution < -0.4 is 10.1 Å². The van der Waals surface area contributed by atoms with Crippen LogP contribution in [0.5, 0.6) is 5.75 Å². The van der Waals surface area contributed by atoms with Gasteiger partial charge in [0.2, 0.25) is 0 Å². The maximum Gasteiger partial charge on any atom is 0.400 e. The molecule has 0 aliphatic carbocycles. The van der Waals surface area contributed by atoms with E-state index < -0.39 is 40.4 Å². The standard InChI is InChI=1S/C16H17F2N2O6PS2/c1-20-15(21)9-6-10-11(8-19)14(16(17,18)27(22,23)24)28-13(10)12(7-9)26-4-3-5-29(2)25/h6-7H,3-5H2,1-2H3,(H,20,21)(H2,22,23,24). The Bertz CT molecular complexity index is 1060. The number of fused-ring (bicyclic) bond motifs is 1. The third kappa shape index (κ3) is 4.82. The molecule has 1 atom stereocenters. The van der Waals surface area contributed by atoms with Gasteiger partial charge in [0.1, 0.15) is 16.7 Å². The summed E-state index contributed by atoms with van der Waals surface area (Å²) in [7, 11) is -5.60. The molecule has 0 aliphatic rings. The van der Waals surface area contributed by atoms with Gasteiger partial charge in [-0.2, -0.15) is 14.0 Å². The summed E-state index contributed by atoms with van der Waals surface area (Å²) < 4.78 is 56.8. The summed E-state index contributed by atoms with van der Waals surface area (Å²) >= 11 is 0.320. The molecule has 0 aliphatic heterocycles. The normalized spacial score (nSPS) is 13.1. The molecular weight excluding hydrogens is 449 g/mol. The van der Waals surface area contributed by atoms with Crippen LogP contribution in [0.4, 0.5) is 8.78 Å². The number of benzene rings is 1. The lowest BCUT2D eigenvalue weighted by Crippen LogP contribution is -2.17. The molecule has 1 amide bonds. The van der Waals surface area contributed by atoms with E-state index in [4.69, 9.17) is 14.5 Å². The largest absolute Gasteiger partial charge is 0.492 e. The molecule has 2 aromatic rings. The highest BCUT2D eigenvalue weighted by Gasteiger charge is 2.53. The number of halogens is 2. The average Bonchev–Trinajstić information content (AvgIpc) is 3.02. The van der Waals surface area contributed by atoms with Crippen molar-refractivity contribution in [3.8, 4) is 11.8 Å². The van der Waals surface area contributed by atoms with Gasteiger partial charge in [0.05, 0.1) is 16.9 Å². The quantitative estimate of drug-likeness (QED) is 0.402. The minimum Gasteiger partial charge on any atom is -0.492 e. The number of hydrogen-bond acceptors (Lipinski definition) is 6. The molecule has 29 heavy (non-hydrogen) atoms. The Hall–Kier alpha value is -1.90. The van der Waals surface area contributed by atoms with Crippen molar-refractivity contribution in [3.63, 3.8) is 0 Å². The van der Waals surface area contributed by atoms with Crippen LogP contribution in [-0.4, -0.2) is 45.6 Å². The lowest BCUT2D eigenvalue weighted by molar-refractivity contribution is 0.0599.